The Morgan fingerprint density at radius 3 is 1.00 bits per heavy atom. The van der Waals surface area contributed by atoms with Crippen LogP contribution in [-0.4, -0.2) is 86.1 Å². The molecule has 10 nitrogen and oxygen atoms in total. The standard InChI is InChI=1S/C54H96O10/c1-4-7-10-12-15-23-32-44-46(61-44)34-26-19-21-28-37-52(55)58-41-43(42-59-53(56)38-29-22-20-27-35-47-45(62-47)33-24-16-13-11-8-5-2)60-54(57)39-30-18-14-17-25-36-49-51(64-49)40-50-48(63-50)31-9-6-3/h43-51H,4-42H2,1-3H3. The van der Waals surface area contributed by atoms with Gasteiger partial charge in [-0.3, -0.25) is 14.4 Å². The van der Waals surface area contributed by atoms with Gasteiger partial charge in [-0.25, -0.2) is 0 Å². The molecule has 8 unspecified atom stereocenters. The number of esters is 3. The summed E-state index contributed by atoms with van der Waals surface area (Å²) < 4.78 is 40.4. The first-order valence-electron chi connectivity index (χ1n) is 27.5. The summed E-state index contributed by atoms with van der Waals surface area (Å²) in [6.07, 6.45) is 42.8. The predicted molar refractivity (Wildman–Crippen MR) is 254 cm³/mol. The highest BCUT2D eigenvalue weighted by Crippen LogP contribution is 2.39. The first kappa shape index (κ1) is 54.9. The van der Waals surface area contributed by atoms with Crippen LogP contribution in [0.5, 0.6) is 0 Å². The van der Waals surface area contributed by atoms with Gasteiger partial charge in [-0.2, -0.15) is 0 Å². The van der Waals surface area contributed by atoms with Gasteiger partial charge in [0.15, 0.2) is 6.10 Å². The maximum Gasteiger partial charge on any atom is 0.306 e. The Kier molecular flexibility index (Phi) is 29.6. The number of unbranched alkanes of at least 4 members (excludes halogenated alkanes) is 21. The summed E-state index contributed by atoms with van der Waals surface area (Å²) in [7, 11) is 0. The average Bonchev–Trinajstić information content (AvgIpc) is 4.12. The summed E-state index contributed by atoms with van der Waals surface area (Å²) in [5.41, 5.74) is 0. The van der Waals surface area contributed by atoms with E-state index in [-0.39, 0.29) is 31.1 Å². The number of hydrogen-bond donors (Lipinski definition) is 0. The third-order valence-corrected chi connectivity index (χ3v) is 14.0. The predicted octanol–water partition coefficient (Wildman–Crippen LogP) is 13.5. The van der Waals surface area contributed by atoms with Crippen LogP contribution in [0, 0.1) is 0 Å². The van der Waals surface area contributed by atoms with Gasteiger partial charge in [0, 0.05) is 25.7 Å². The van der Waals surface area contributed by atoms with Crippen LogP contribution in [0.25, 0.3) is 0 Å². The molecule has 372 valence electrons. The molecule has 4 aliphatic rings. The fraction of sp³-hybridized carbons (Fsp3) is 0.944. The normalized spacial score (nSPS) is 24.6. The largest absolute Gasteiger partial charge is 0.462 e. The molecule has 8 atom stereocenters. The monoisotopic (exact) mass is 905 g/mol. The zero-order chi connectivity index (χ0) is 45.5. The van der Waals surface area contributed by atoms with Gasteiger partial charge in [-0.05, 0) is 57.8 Å². The van der Waals surface area contributed by atoms with E-state index in [0.29, 0.717) is 68.1 Å². The van der Waals surface area contributed by atoms with Crippen molar-refractivity contribution >= 4 is 17.9 Å². The van der Waals surface area contributed by atoms with Crippen molar-refractivity contribution in [1.29, 1.82) is 0 Å². The van der Waals surface area contributed by atoms with E-state index in [1.165, 1.54) is 109 Å². The molecule has 10 heteroatoms. The van der Waals surface area contributed by atoms with E-state index in [4.69, 9.17) is 33.2 Å². The van der Waals surface area contributed by atoms with Crippen LogP contribution in [0.1, 0.15) is 258 Å². The van der Waals surface area contributed by atoms with Gasteiger partial charge in [0.1, 0.15) is 13.2 Å². The van der Waals surface area contributed by atoms with Gasteiger partial charge in [0.25, 0.3) is 0 Å². The van der Waals surface area contributed by atoms with E-state index in [1.54, 1.807) is 0 Å². The number of rotatable bonds is 46. The minimum atomic E-state index is -0.805. The van der Waals surface area contributed by atoms with Crippen molar-refractivity contribution in [3.8, 4) is 0 Å². The number of hydrogen-bond acceptors (Lipinski definition) is 10. The molecule has 0 aromatic rings. The molecule has 0 spiro atoms. The van der Waals surface area contributed by atoms with Crippen molar-refractivity contribution in [2.45, 2.75) is 313 Å². The van der Waals surface area contributed by atoms with E-state index in [2.05, 4.69) is 20.8 Å². The minimum absolute atomic E-state index is 0.101. The Balaban J connectivity index is 1.02. The molecule has 0 aromatic carbocycles. The van der Waals surface area contributed by atoms with Gasteiger partial charge in [-0.15, -0.1) is 0 Å². The summed E-state index contributed by atoms with van der Waals surface area (Å²) >= 11 is 0. The van der Waals surface area contributed by atoms with Crippen LogP contribution in [-0.2, 0) is 47.5 Å². The quantitative estimate of drug-likeness (QED) is 0.0252. The van der Waals surface area contributed by atoms with Gasteiger partial charge >= 0.3 is 17.9 Å². The van der Waals surface area contributed by atoms with E-state index >= 15 is 0 Å². The molecule has 0 N–H and O–H groups in total. The number of ether oxygens (including phenoxy) is 7. The fourth-order valence-corrected chi connectivity index (χ4v) is 9.50. The van der Waals surface area contributed by atoms with Crippen molar-refractivity contribution in [3.05, 3.63) is 0 Å². The Morgan fingerprint density at radius 1 is 0.344 bits per heavy atom. The van der Waals surface area contributed by atoms with Crippen LogP contribution in [0.3, 0.4) is 0 Å². The topological polar surface area (TPSA) is 129 Å². The first-order chi connectivity index (χ1) is 31.4. The van der Waals surface area contributed by atoms with Crippen LogP contribution < -0.4 is 0 Å². The third-order valence-electron chi connectivity index (χ3n) is 14.0. The van der Waals surface area contributed by atoms with Gasteiger partial charge in [0.2, 0.25) is 0 Å². The highest BCUT2D eigenvalue weighted by molar-refractivity contribution is 5.71. The number of epoxide rings is 4. The van der Waals surface area contributed by atoms with Crippen molar-refractivity contribution < 1.29 is 47.5 Å². The maximum atomic E-state index is 12.9. The van der Waals surface area contributed by atoms with Crippen molar-refractivity contribution in [3.63, 3.8) is 0 Å². The van der Waals surface area contributed by atoms with Gasteiger partial charge < -0.3 is 33.2 Å². The van der Waals surface area contributed by atoms with E-state index in [0.717, 1.165) is 109 Å². The molecule has 0 radical (unpaired) electrons. The zero-order valence-electron chi connectivity index (χ0n) is 41.4. The van der Waals surface area contributed by atoms with Crippen LogP contribution >= 0.6 is 0 Å². The second-order valence-corrected chi connectivity index (χ2v) is 20.0. The summed E-state index contributed by atoms with van der Waals surface area (Å²) in [5.74, 6) is -0.946. The second kappa shape index (κ2) is 34.5. The van der Waals surface area contributed by atoms with Crippen LogP contribution in [0.4, 0.5) is 0 Å². The maximum absolute atomic E-state index is 12.9. The summed E-state index contributed by atoms with van der Waals surface area (Å²) in [5, 5.41) is 0. The lowest BCUT2D eigenvalue weighted by molar-refractivity contribution is -0.167. The molecule has 4 fully saturated rings. The molecule has 0 aliphatic carbocycles. The third kappa shape index (κ3) is 27.2. The molecule has 0 bridgehead atoms. The first-order valence-corrected chi connectivity index (χ1v) is 27.5. The lowest BCUT2D eigenvalue weighted by Gasteiger charge is -2.18. The fourth-order valence-electron chi connectivity index (χ4n) is 9.50. The van der Waals surface area contributed by atoms with E-state index < -0.39 is 6.10 Å². The zero-order valence-corrected chi connectivity index (χ0v) is 41.4. The molecular weight excluding hydrogens is 809 g/mol. The van der Waals surface area contributed by atoms with Crippen LogP contribution in [0.15, 0.2) is 0 Å². The highest BCUT2D eigenvalue weighted by atomic mass is 16.6. The Hall–Kier alpha value is -1.75. The summed E-state index contributed by atoms with van der Waals surface area (Å²) in [4.78, 5) is 38.2. The highest BCUT2D eigenvalue weighted by Gasteiger charge is 2.47. The number of carbonyl (C=O) groups is 3. The van der Waals surface area contributed by atoms with Crippen molar-refractivity contribution in [2.75, 3.05) is 13.2 Å². The summed E-state index contributed by atoms with van der Waals surface area (Å²) in [6, 6.07) is 0. The van der Waals surface area contributed by atoms with Gasteiger partial charge in [-0.1, -0.05) is 175 Å². The van der Waals surface area contributed by atoms with Crippen LogP contribution in [0.2, 0.25) is 0 Å². The minimum Gasteiger partial charge on any atom is -0.462 e. The smallest absolute Gasteiger partial charge is 0.306 e. The molecule has 4 aliphatic heterocycles. The SMILES string of the molecule is CCCCCCCCC1OC1CCCCCCC(=O)OCC(COC(=O)CCCCCCC1OC1CCCCCCCC)OC(=O)CCCCCCCC1OC1CC1OC1CCCC. The Morgan fingerprint density at radius 2 is 0.625 bits per heavy atom. The molecule has 4 saturated heterocycles. The molecule has 4 heterocycles. The van der Waals surface area contributed by atoms with E-state index in [1.807, 2.05) is 0 Å². The molecule has 64 heavy (non-hydrogen) atoms. The lowest BCUT2D eigenvalue weighted by atomic mass is 10.0. The summed E-state index contributed by atoms with van der Waals surface area (Å²) in [6.45, 7) is 6.54. The number of carbonyl (C=O) groups excluding carboxylic acids is 3. The lowest BCUT2D eigenvalue weighted by Crippen LogP contribution is -2.30. The molecular formula is C54H96O10. The Bertz CT molecular complexity index is 1150. The molecule has 4 rings (SSSR count). The van der Waals surface area contributed by atoms with Crippen molar-refractivity contribution in [2.24, 2.45) is 0 Å². The Labute approximate surface area is 390 Å². The molecule has 0 saturated carbocycles. The van der Waals surface area contributed by atoms with E-state index in [9.17, 15) is 14.4 Å². The van der Waals surface area contributed by atoms with Gasteiger partial charge in [0.05, 0.1) is 48.8 Å². The van der Waals surface area contributed by atoms with Crippen molar-refractivity contribution in [1.82, 2.24) is 0 Å². The molecule has 0 aromatic heterocycles. The second-order valence-electron chi connectivity index (χ2n) is 20.0. The molecule has 0 amide bonds. The average molecular weight is 905 g/mol.